The van der Waals surface area contributed by atoms with Crippen molar-refractivity contribution >= 4 is 6.08 Å². The predicted octanol–water partition coefficient (Wildman–Crippen LogP) is 8.84. The Morgan fingerprint density at radius 1 is 0.889 bits per heavy atom. The Morgan fingerprint density at radius 2 is 1.37 bits per heavy atom. The zero-order chi connectivity index (χ0) is 22.3. The average Bonchev–Trinajstić information content (AvgIpc) is 2.79. The van der Waals surface area contributed by atoms with E-state index in [1.54, 1.807) is 0 Å². The lowest BCUT2D eigenvalue weighted by Gasteiger charge is -1.92. The van der Waals surface area contributed by atoms with Gasteiger partial charge in [-0.2, -0.15) is 0 Å². The van der Waals surface area contributed by atoms with E-state index in [9.17, 15) is 0 Å². The molecule has 0 aliphatic heterocycles. The number of allylic oxidation sites excluding steroid dienone is 4. The summed E-state index contributed by atoms with van der Waals surface area (Å²) in [5.74, 6) is 0. The van der Waals surface area contributed by atoms with E-state index in [0.29, 0.717) is 0 Å². The fourth-order valence-electron chi connectivity index (χ4n) is 1.47. The number of rotatable bonds is 5. The van der Waals surface area contributed by atoms with Gasteiger partial charge in [0.25, 0.3) is 0 Å². The van der Waals surface area contributed by atoms with Crippen LogP contribution >= 0.6 is 0 Å². The molecule has 0 atom stereocenters. The first-order valence-corrected chi connectivity index (χ1v) is 10.0. The summed E-state index contributed by atoms with van der Waals surface area (Å²) in [6.07, 6.45) is 11.5. The molecule has 27 heavy (non-hydrogen) atoms. The van der Waals surface area contributed by atoms with Gasteiger partial charge in [0.1, 0.15) is 0 Å². The summed E-state index contributed by atoms with van der Waals surface area (Å²) in [5, 5.41) is 3.12. The monoisotopic (exact) mass is 373 g/mol. The van der Waals surface area contributed by atoms with Crippen molar-refractivity contribution < 1.29 is 0 Å². The molecule has 0 aliphatic carbocycles. The number of hydrogen-bond donors (Lipinski definition) is 1. The molecule has 0 saturated carbocycles. The van der Waals surface area contributed by atoms with Gasteiger partial charge >= 0.3 is 0 Å². The van der Waals surface area contributed by atoms with Crippen LogP contribution in [0.25, 0.3) is 6.08 Å². The third-order valence-electron chi connectivity index (χ3n) is 2.56. The van der Waals surface area contributed by atoms with E-state index in [0.717, 1.165) is 13.0 Å². The molecule has 0 bridgehead atoms. The molecule has 0 radical (unpaired) electrons. The Labute approximate surface area is 172 Å². The van der Waals surface area contributed by atoms with Gasteiger partial charge in [-0.1, -0.05) is 88.8 Å². The molecule has 0 aromatic heterocycles. The topological polar surface area (TPSA) is 12.0 Å². The fraction of sp³-hybridized carbons (Fsp3) is 0.385. The van der Waals surface area contributed by atoms with Gasteiger partial charge in [-0.05, 0) is 45.0 Å². The maximum Gasteiger partial charge on any atom is 0.0113 e. The largest absolute Gasteiger partial charge is 0.391 e. The van der Waals surface area contributed by atoms with Crippen LogP contribution in [-0.2, 0) is 0 Å². The van der Waals surface area contributed by atoms with Crippen LogP contribution in [-0.4, -0.2) is 6.54 Å². The summed E-state index contributed by atoms with van der Waals surface area (Å²) in [6.45, 7) is 29.3. The first-order valence-electron chi connectivity index (χ1n) is 10.0. The molecule has 1 aromatic rings. The van der Waals surface area contributed by atoms with E-state index in [1.807, 2.05) is 59.0 Å². The molecule has 0 saturated heterocycles. The molecule has 0 spiro atoms. The van der Waals surface area contributed by atoms with E-state index >= 15 is 0 Å². The lowest BCUT2D eigenvalue weighted by atomic mass is 10.2. The van der Waals surface area contributed by atoms with Crippen LogP contribution in [0.5, 0.6) is 0 Å². The Morgan fingerprint density at radius 3 is 1.67 bits per heavy atom. The third-order valence-corrected chi connectivity index (χ3v) is 2.56. The van der Waals surface area contributed by atoms with Crippen molar-refractivity contribution in [2.24, 2.45) is 0 Å². The normalized spacial score (nSPS) is 8.81. The Kier molecular flexibility index (Phi) is 58.0. The molecular formula is C26H47N. The highest BCUT2D eigenvalue weighted by molar-refractivity contribution is 5.48. The molecule has 1 heteroatoms. The van der Waals surface area contributed by atoms with E-state index in [2.05, 4.69) is 88.8 Å². The van der Waals surface area contributed by atoms with Gasteiger partial charge in [0.2, 0.25) is 0 Å². The van der Waals surface area contributed by atoms with Gasteiger partial charge in [-0.3, -0.25) is 0 Å². The minimum Gasteiger partial charge on any atom is -0.391 e. The van der Waals surface area contributed by atoms with E-state index in [1.165, 1.54) is 11.1 Å². The van der Waals surface area contributed by atoms with Crippen molar-refractivity contribution in [3.63, 3.8) is 0 Å². The molecular weight excluding hydrogens is 326 g/mol. The fourth-order valence-corrected chi connectivity index (χ4v) is 1.47. The first kappa shape index (κ1) is 35.8. The van der Waals surface area contributed by atoms with Gasteiger partial charge < -0.3 is 5.32 Å². The second-order valence-electron chi connectivity index (χ2n) is 4.02. The molecule has 0 heterocycles. The van der Waals surface area contributed by atoms with Crippen LogP contribution in [0.4, 0.5) is 0 Å². The summed E-state index contributed by atoms with van der Waals surface area (Å²) in [5.41, 5.74) is 2.64. The summed E-state index contributed by atoms with van der Waals surface area (Å²) in [6, 6.07) is 10.2. The van der Waals surface area contributed by atoms with Gasteiger partial charge in [-0.25, -0.2) is 0 Å². The second-order valence-corrected chi connectivity index (χ2v) is 4.02. The molecule has 1 rings (SSSR count). The van der Waals surface area contributed by atoms with Crippen LogP contribution < -0.4 is 5.32 Å². The lowest BCUT2D eigenvalue weighted by Crippen LogP contribution is -2.00. The van der Waals surface area contributed by atoms with Crippen LogP contribution in [0.1, 0.15) is 67.4 Å². The minimum atomic E-state index is 0.976. The second kappa shape index (κ2) is 43.8. The zero-order valence-electron chi connectivity index (χ0n) is 19.5. The van der Waals surface area contributed by atoms with Crippen molar-refractivity contribution in [1.82, 2.24) is 5.32 Å². The Bertz CT molecular complexity index is 408. The van der Waals surface area contributed by atoms with Crippen molar-refractivity contribution in [2.75, 3.05) is 6.54 Å². The molecule has 1 aromatic carbocycles. The van der Waals surface area contributed by atoms with Gasteiger partial charge in [-0.15, -0.1) is 26.3 Å². The molecule has 0 fully saturated rings. The molecule has 0 aliphatic rings. The predicted molar refractivity (Wildman–Crippen MR) is 133 cm³/mol. The molecule has 156 valence electrons. The Balaban J connectivity index is -0.0000000892. The average molecular weight is 374 g/mol. The quantitative estimate of drug-likeness (QED) is 0.401. The lowest BCUT2D eigenvalue weighted by molar-refractivity contribution is 0.924. The molecule has 0 amide bonds. The molecule has 0 unspecified atom stereocenters. The number of hydrogen-bond acceptors (Lipinski definition) is 1. The van der Waals surface area contributed by atoms with Crippen molar-refractivity contribution in [2.45, 2.75) is 61.8 Å². The number of benzene rings is 1. The summed E-state index contributed by atoms with van der Waals surface area (Å²) >= 11 is 0. The molecule has 1 N–H and O–H groups in total. The van der Waals surface area contributed by atoms with E-state index in [-0.39, 0.29) is 0 Å². The maximum absolute atomic E-state index is 3.12. The standard InChI is InChI=1S/C10H13N.C8H14.2C2H6.2C2H4/c1-2-11-9-8-10-6-4-3-5-7-10;1-4-7-8(5-2)6-3;4*1-2/h3-9,11H,2H2,1H3;4-5,7H,6H2,1-3H3;2*1-2H3;2*1-2H2/b9-8-;7-4-,8-5-;;;;. The minimum absolute atomic E-state index is 0.976. The summed E-state index contributed by atoms with van der Waals surface area (Å²) < 4.78 is 0. The van der Waals surface area contributed by atoms with Crippen molar-refractivity contribution in [3.05, 3.63) is 92.2 Å². The van der Waals surface area contributed by atoms with Crippen LogP contribution in [0.2, 0.25) is 0 Å². The Hall–Kier alpha value is -2.28. The summed E-state index contributed by atoms with van der Waals surface area (Å²) in [7, 11) is 0. The SMILES string of the molecule is C/C=C\C(=C/C)CC.C=C.C=C.CC.CC.CCN/C=C\c1ccccc1. The van der Waals surface area contributed by atoms with E-state index in [4.69, 9.17) is 0 Å². The summed E-state index contributed by atoms with van der Waals surface area (Å²) in [4.78, 5) is 0. The molecule has 1 nitrogen and oxygen atoms in total. The van der Waals surface area contributed by atoms with Crippen molar-refractivity contribution in [1.29, 1.82) is 0 Å². The highest BCUT2D eigenvalue weighted by Gasteiger charge is 1.80. The first-order chi connectivity index (χ1) is 13.3. The smallest absolute Gasteiger partial charge is 0.0113 e. The van der Waals surface area contributed by atoms with Gasteiger partial charge in [0.15, 0.2) is 0 Å². The maximum atomic E-state index is 3.12. The zero-order valence-corrected chi connectivity index (χ0v) is 19.5. The van der Waals surface area contributed by atoms with Crippen LogP contribution in [0.15, 0.2) is 86.6 Å². The number of nitrogens with one attached hydrogen (secondary N) is 1. The van der Waals surface area contributed by atoms with Gasteiger partial charge in [0.05, 0.1) is 0 Å². The van der Waals surface area contributed by atoms with E-state index < -0.39 is 0 Å². The van der Waals surface area contributed by atoms with Gasteiger partial charge in [0, 0.05) is 6.54 Å². The highest BCUT2D eigenvalue weighted by atomic mass is 14.8. The van der Waals surface area contributed by atoms with Crippen LogP contribution in [0, 0.1) is 0 Å². The van der Waals surface area contributed by atoms with Crippen LogP contribution in [0.3, 0.4) is 0 Å². The van der Waals surface area contributed by atoms with Crippen molar-refractivity contribution in [3.8, 4) is 0 Å². The third kappa shape index (κ3) is 35.6. The highest BCUT2D eigenvalue weighted by Crippen LogP contribution is 2.00.